The molecule has 1 amide bonds. The molecule has 10 heteroatoms. The second kappa shape index (κ2) is 11.1. The van der Waals surface area contributed by atoms with Gasteiger partial charge in [0.05, 0.1) is 31.2 Å². The summed E-state index contributed by atoms with van der Waals surface area (Å²) in [6.45, 7) is 8.44. The average Bonchev–Trinajstić information content (AvgIpc) is 2.80. The zero-order valence-electron chi connectivity index (χ0n) is 19.1. The molecule has 0 bridgehead atoms. The van der Waals surface area contributed by atoms with Gasteiger partial charge in [-0.1, -0.05) is 0 Å². The smallest absolute Gasteiger partial charge is 0.359 e. The third-order valence-corrected chi connectivity index (χ3v) is 6.21. The summed E-state index contributed by atoms with van der Waals surface area (Å²) in [5.41, 5.74) is 0.315. The zero-order valence-corrected chi connectivity index (χ0v) is 19.1. The molecule has 2 rings (SSSR count). The van der Waals surface area contributed by atoms with Gasteiger partial charge in [-0.15, -0.1) is 0 Å². The first-order chi connectivity index (χ1) is 15.2. The fourth-order valence-electron chi connectivity index (χ4n) is 4.02. The van der Waals surface area contributed by atoms with Crippen molar-refractivity contribution in [3.8, 4) is 0 Å². The van der Waals surface area contributed by atoms with Gasteiger partial charge in [0.25, 0.3) is 5.69 Å². The quantitative estimate of drug-likeness (QED) is 0.0989. The monoisotopic (exact) mass is 450 g/mol. The van der Waals surface area contributed by atoms with Gasteiger partial charge < -0.3 is 19.1 Å². The number of hydrogen-bond donors (Lipinski definition) is 1. The van der Waals surface area contributed by atoms with E-state index in [9.17, 15) is 24.8 Å². The predicted octanol–water partition coefficient (Wildman–Crippen LogP) is 2.88. The van der Waals surface area contributed by atoms with Crippen LogP contribution in [0.15, 0.2) is 35.7 Å². The Morgan fingerprint density at radius 3 is 2.28 bits per heavy atom. The molecule has 1 saturated heterocycles. The first kappa shape index (κ1) is 25.3. The van der Waals surface area contributed by atoms with Crippen molar-refractivity contribution < 1.29 is 33.6 Å². The molecular formula is C22H32N3O7+. The van der Waals surface area contributed by atoms with Gasteiger partial charge in [-0.25, -0.2) is 4.79 Å². The number of nitro groups is 1. The normalized spacial score (nSPS) is 16.9. The largest absolute Gasteiger partial charge is 0.510 e. The minimum absolute atomic E-state index is 0.0549. The van der Waals surface area contributed by atoms with Crippen molar-refractivity contribution in [3.63, 3.8) is 0 Å². The summed E-state index contributed by atoms with van der Waals surface area (Å²) in [5.74, 6) is -1.34. The van der Waals surface area contributed by atoms with E-state index in [2.05, 4.69) is 0 Å². The van der Waals surface area contributed by atoms with E-state index in [-0.39, 0.29) is 55.3 Å². The summed E-state index contributed by atoms with van der Waals surface area (Å²) in [5, 5.41) is 21.5. The lowest BCUT2D eigenvalue weighted by atomic mass is 10.0. The molecule has 32 heavy (non-hydrogen) atoms. The molecule has 1 heterocycles. The Bertz CT molecular complexity index is 855. The lowest BCUT2D eigenvalue weighted by Crippen LogP contribution is -2.70. The Balaban J connectivity index is 2.29. The van der Waals surface area contributed by atoms with Crippen LogP contribution >= 0.6 is 0 Å². The molecule has 0 spiro atoms. The lowest BCUT2D eigenvalue weighted by Gasteiger charge is -2.52. The minimum Gasteiger partial charge on any atom is -0.510 e. The van der Waals surface area contributed by atoms with Crippen molar-refractivity contribution in [2.75, 3.05) is 33.4 Å². The van der Waals surface area contributed by atoms with Crippen LogP contribution < -0.4 is 0 Å². The second-order valence-corrected chi connectivity index (χ2v) is 7.65. The lowest BCUT2D eigenvalue weighted by molar-refractivity contribution is -0.958. The summed E-state index contributed by atoms with van der Waals surface area (Å²) in [6.07, 6.45) is 0.0695. The van der Waals surface area contributed by atoms with E-state index >= 15 is 0 Å². The standard InChI is InChI=1S/C22H31N3O7/c1-5-25(6-2,7-3)19-14-20(27)23(19)21(18(26)12-13-31-4)22(28)32-15-16-8-10-17(11-9-16)24(29)30/h8-11,19H,5-7,12-15H2,1-4H3/p+1. The number of aliphatic hydroxyl groups excluding tert-OH is 1. The fraction of sp³-hybridized carbons (Fsp3) is 0.545. The highest BCUT2D eigenvalue weighted by atomic mass is 16.6. The van der Waals surface area contributed by atoms with Gasteiger partial charge >= 0.3 is 5.97 Å². The van der Waals surface area contributed by atoms with Gasteiger partial charge in [0.15, 0.2) is 11.9 Å². The number of esters is 1. The van der Waals surface area contributed by atoms with Gasteiger partial charge in [-0.3, -0.25) is 19.8 Å². The molecule has 1 fully saturated rings. The first-order valence-corrected chi connectivity index (χ1v) is 10.7. The molecule has 1 aromatic rings. The highest BCUT2D eigenvalue weighted by Crippen LogP contribution is 2.34. The Labute approximate surface area is 187 Å². The first-order valence-electron chi connectivity index (χ1n) is 10.7. The van der Waals surface area contributed by atoms with E-state index in [0.29, 0.717) is 10.0 Å². The predicted molar refractivity (Wildman–Crippen MR) is 116 cm³/mol. The van der Waals surface area contributed by atoms with Gasteiger partial charge in [0.1, 0.15) is 18.8 Å². The minimum atomic E-state index is -0.823. The van der Waals surface area contributed by atoms with Gasteiger partial charge in [-0.2, -0.15) is 0 Å². The van der Waals surface area contributed by atoms with E-state index in [4.69, 9.17) is 9.47 Å². The van der Waals surface area contributed by atoms with Crippen LogP contribution in [0.25, 0.3) is 0 Å². The molecule has 1 aromatic carbocycles. The number of carbonyl (C=O) groups is 2. The third-order valence-electron chi connectivity index (χ3n) is 6.21. The molecule has 1 atom stereocenters. The molecule has 1 aliphatic rings. The number of hydrogen-bond acceptors (Lipinski definition) is 7. The van der Waals surface area contributed by atoms with Crippen molar-refractivity contribution in [2.45, 2.75) is 46.4 Å². The Morgan fingerprint density at radius 1 is 1.22 bits per heavy atom. The summed E-state index contributed by atoms with van der Waals surface area (Å²) in [7, 11) is 1.48. The van der Waals surface area contributed by atoms with Crippen LogP contribution in [-0.2, 0) is 25.7 Å². The number of benzene rings is 1. The average molecular weight is 451 g/mol. The number of nitro benzene ring substituents is 1. The maximum atomic E-state index is 13.0. The number of β-lactam (4-membered cyclic amide) rings is 1. The Morgan fingerprint density at radius 2 is 1.81 bits per heavy atom. The Kier molecular flexibility index (Phi) is 8.73. The van der Waals surface area contributed by atoms with Gasteiger partial charge in [0, 0.05) is 25.7 Å². The van der Waals surface area contributed by atoms with Crippen molar-refractivity contribution in [1.29, 1.82) is 0 Å². The number of rotatable bonds is 12. The highest BCUT2D eigenvalue weighted by Gasteiger charge is 2.52. The van der Waals surface area contributed by atoms with Crippen molar-refractivity contribution in [2.24, 2.45) is 0 Å². The van der Waals surface area contributed by atoms with Crippen molar-refractivity contribution in [1.82, 2.24) is 4.90 Å². The van der Waals surface area contributed by atoms with E-state index < -0.39 is 10.9 Å². The molecule has 0 aliphatic carbocycles. The van der Waals surface area contributed by atoms with Crippen LogP contribution in [0, 0.1) is 10.1 Å². The molecule has 1 unspecified atom stereocenters. The van der Waals surface area contributed by atoms with Crippen LogP contribution in [0.5, 0.6) is 0 Å². The maximum Gasteiger partial charge on any atom is 0.359 e. The number of ether oxygens (including phenoxy) is 2. The SMILES string of the molecule is CC[N+](CC)(CC)C1CC(=O)N1/C(C(=O)OCc1ccc([N+](=O)[O-])cc1)=C(/O)CCOC. The second-order valence-electron chi connectivity index (χ2n) is 7.65. The van der Waals surface area contributed by atoms with E-state index in [1.165, 1.54) is 36.3 Å². The van der Waals surface area contributed by atoms with Crippen LogP contribution in [0.2, 0.25) is 0 Å². The molecule has 176 valence electrons. The topological polar surface area (TPSA) is 119 Å². The summed E-state index contributed by atoms with van der Waals surface area (Å²) in [4.78, 5) is 37.3. The van der Waals surface area contributed by atoms with Crippen molar-refractivity contribution >= 4 is 17.6 Å². The number of aliphatic hydroxyl groups is 1. The number of likely N-dealkylation sites (tertiary alicyclic amines) is 1. The number of amides is 1. The summed E-state index contributed by atoms with van der Waals surface area (Å²) < 4.78 is 11.0. The van der Waals surface area contributed by atoms with E-state index in [1.807, 2.05) is 20.8 Å². The summed E-state index contributed by atoms with van der Waals surface area (Å²) in [6, 6.07) is 5.62. The van der Waals surface area contributed by atoms with Crippen LogP contribution in [0.1, 0.15) is 39.2 Å². The number of quaternary nitrogens is 1. The summed E-state index contributed by atoms with van der Waals surface area (Å²) >= 11 is 0. The molecule has 0 saturated carbocycles. The third kappa shape index (κ3) is 5.25. The number of carbonyl (C=O) groups excluding carboxylic acids is 2. The van der Waals surface area contributed by atoms with Crippen LogP contribution in [0.4, 0.5) is 5.69 Å². The molecule has 10 nitrogen and oxygen atoms in total. The number of methoxy groups -OCH3 is 1. The number of nitrogens with zero attached hydrogens (tertiary/aromatic N) is 3. The number of non-ortho nitro benzene ring substituents is 1. The molecule has 1 aliphatic heterocycles. The molecule has 1 N–H and O–H groups in total. The zero-order chi connectivity index (χ0) is 23.9. The molecule has 0 radical (unpaired) electrons. The van der Waals surface area contributed by atoms with Crippen LogP contribution in [-0.4, -0.2) is 70.8 Å². The van der Waals surface area contributed by atoms with Crippen LogP contribution in [0.3, 0.4) is 0 Å². The van der Waals surface area contributed by atoms with E-state index in [1.54, 1.807) is 0 Å². The van der Waals surface area contributed by atoms with Gasteiger partial charge in [-0.05, 0) is 38.5 Å². The van der Waals surface area contributed by atoms with Gasteiger partial charge in [0.2, 0.25) is 5.91 Å². The van der Waals surface area contributed by atoms with E-state index in [0.717, 1.165) is 19.6 Å². The molecular weight excluding hydrogens is 418 g/mol. The Hall–Kier alpha value is -2.98. The highest BCUT2D eigenvalue weighted by molar-refractivity contribution is 5.97. The van der Waals surface area contributed by atoms with Crippen molar-refractivity contribution in [3.05, 3.63) is 51.4 Å². The molecule has 0 aromatic heterocycles. The maximum absolute atomic E-state index is 13.0. The fourth-order valence-corrected chi connectivity index (χ4v) is 4.02.